The molecule has 1 heterocycles. The first kappa shape index (κ1) is 14.5. The van der Waals surface area contributed by atoms with Gasteiger partial charge in [0.25, 0.3) is 5.91 Å². The van der Waals surface area contributed by atoms with Crippen LogP contribution >= 0.6 is 15.9 Å². The Morgan fingerprint density at radius 1 is 1.15 bits per heavy atom. The lowest BCUT2D eigenvalue weighted by molar-refractivity contribution is -0.138. The number of halogens is 4. The Balaban J connectivity index is 2.27. The van der Waals surface area contributed by atoms with E-state index in [9.17, 15) is 18.0 Å². The molecule has 3 nitrogen and oxygen atoms in total. The second kappa shape index (κ2) is 5.62. The van der Waals surface area contributed by atoms with E-state index in [2.05, 4.69) is 26.2 Å². The molecule has 0 spiro atoms. The molecule has 1 aromatic carbocycles. The number of anilines is 1. The van der Waals surface area contributed by atoms with Gasteiger partial charge in [-0.3, -0.25) is 9.78 Å². The Kier molecular flexibility index (Phi) is 4.08. The lowest BCUT2D eigenvalue weighted by Gasteiger charge is -2.11. The van der Waals surface area contributed by atoms with Gasteiger partial charge in [-0.15, -0.1) is 0 Å². The Morgan fingerprint density at radius 2 is 1.80 bits per heavy atom. The van der Waals surface area contributed by atoms with E-state index in [-0.39, 0.29) is 10.0 Å². The van der Waals surface area contributed by atoms with E-state index >= 15 is 0 Å². The largest absolute Gasteiger partial charge is 0.417 e. The van der Waals surface area contributed by atoms with Crippen LogP contribution in [0, 0.1) is 0 Å². The summed E-state index contributed by atoms with van der Waals surface area (Å²) < 4.78 is 38.1. The molecule has 1 aromatic heterocycles. The van der Waals surface area contributed by atoms with E-state index < -0.39 is 17.6 Å². The predicted molar refractivity (Wildman–Crippen MR) is 71.3 cm³/mol. The monoisotopic (exact) mass is 344 g/mol. The van der Waals surface area contributed by atoms with Gasteiger partial charge in [-0.05, 0) is 30.3 Å². The van der Waals surface area contributed by atoms with Crippen molar-refractivity contribution in [2.75, 3.05) is 5.32 Å². The molecule has 0 aliphatic heterocycles. The predicted octanol–water partition coefficient (Wildman–Crippen LogP) is 4.12. The summed E-state index contributed by atoms with van der Waals surface area (Å²) in [5, 5.41) is 2.49. The highest BCUT2D eigenvalue weighted by molar-refractivity contribution is 9.10. The summed E-state index contributed by atoms with van der Waals surface area (Å²) in [6.45, 7) is 0. The standard InChI is InChI=1S/C13H8BrF3N2O/c14-11-2-1-8(7-10(11)13(15,16)17)12(20)19-9-3-5-18-6-4-9/h1-7H,(H,18,19,20). The number of nitrogens with one attached hydrogen (secondary N) is 1. The summed E-state index contributed by atoms with van der Waals surface area (Å²) in [7, 11) is 0. The molecule has 1 amide bonds. The second-order valence-electron chi connectivity index (χ2n) is 3.88. The maximum absolute atomic E-state index is 12.7. The van der Waals surface area contributed by atoms with Crippen molar-refractivity contribution in [2.24, 2.45) is 0 Å². The summed E-state index contributed by atoms with van der Waals surface area (Å²) in [5.41, 5.74) is -0.501. The lowest BCUT2D eigenvalue weighted by Crippen LogP contribution is -2.14. The summed E-state index contributed by atoms with van der Waals surface area (Å²) in [4.78, 5) is 15.7. The first-order valence-electron chi connectivity index (χ1n) is 5.46. The van der Waals surface area contributed by atoms with Gasteiger partial charge in [-0.2, -0.15) is 13.2 Å². The van der Waals surface area contributed by atoms with Crippen LogP contribution < -0.4 is 5.32 Å². The van der Waals surface area contributed by atoms with Crippen molar-refractivity contribution < 1.29 is 18.0 Å². The number of amides is 1. The first-order valence-corrected chi connectivity index (χ1v) is 6.25. The van der Waals surface area contributed by atoms with Gasteiger partial charge in [-0.1, -0.05) is 15.9 Å². The normalized spacial score (nSPS) is 11.2. The molecule has 2 rings (SSSR count). The van der Waals surface area contributed by atoms with Crippen molar-refractivity contribution in [3.63, 3.8) is 0 Å². The smallest absolute Gasteiger partial charge is 0.322 e. The topological polar surface area (TPSA) is 42.0 Å². The third-order valence-electron chi connectivity index (χ3n) is 2.47. The minimum absolute atomic E-state index is 0.0719. The number of nitrogens with zero attached hydrogens (tertiary/aromatic N) is 1. The highest BCUT2D eigenvalue weighted by Crippen LogP contribution is 2.35. The van der Waals surface area contributed by atoms with E-state index in [4.69, 9.17) is 0 Å². The number of hydrogen-bond acceptors (Lipinski definition) is 2. The number of alkyl halides is 3. The minimum Gasteiger partial charge on any atom is -0.322 e. The van der Waals surface area contributed by atoms with E-state index in [1.807, 2.05) is 0 Å². The Hall–Kier alpha value is -1.89. The number of carbonyl (C=O) groups is 1. The van der Waals surface area contributed by atoms with Crippen LogP contribution in [0.4, 0.5) is 18.9 Å². The SMILES string of the molecule is O=C(Nc1ccncc1)c1ccc(Br)c(C(F)(F)F)c1. The Labute approximate surface area is 121 Å². The fourth-order valence-electron chi connectivity index (χ4n) is 1.52. The molecule has 0 unspecified atom stereocenters. The van der Waals surface area contributed by atoms with Crippen LogP contribution in [0.25, 0.3) is 0 Å². The van der Waals surface area contributed by atoms with E-state index in [1.165, 1.54) is 24.5 Å². The quantitative estimate of drug-likeness (QED) is 0.890. The summed E-state index contributed by atoms with van der Waals surface area (Å²) >= 11 is 2.82. The molecule has 0 fully saturated rings. The highest BCUT2D eigenvalue weighted by atomic mass is 79.9. The third-order valence-corrected chi connectivity index (χ3v) is 3.16. The Morgan fingerprint density at radius 3 is 2.40 bits per heavy atom. The fraction of sp³-hybridized carbons (Fsp3) is 0.0769. The molecule has 1 N–H and O–H groups in total. The van der Waals surface area contributed by atoms with Crippen molar-refractivity contribution in [3.05, 3.63) is 58.3 Å². The molecule has 2 aromatic rings. The molecular weight excluding hydrogens is 337 g/mol. The zero-order chi connectivity index (χ0) is 14.8. The molecule has 0 atom stereocenters. The third kappa shape index (κ3) is 3.36. The molecule has 0 saturated carbocycles. The molecule has 0 aliphatic carbocycles. The summed E-state index contributed by atoms with van der Waals surface area (Å²) in [6.07, 6.45) is -1.58. The van der Waals surface area contributed by atoms with Gasteiger partial charge >= 0.3 is 6.18 Å². The van der Waals surface area contributed by atoms with Crippen LogP contribution in [-0.4, -0.2) is 10.9 Å². The number of benzene rings is 1. The van der Waals surface area contributed by atoms with Crippen molar-refractivity contribution in [1.29, 1.82) is 0 Å². The van der Waals surface area contributed by atoms with Gasteiger partial charge in [0.15, 0.2) is 0 Å². The van der Waals surface area contributed by atoms with E-state index in [0.717, 1.165) is 6.07 Å². The number of pyridine rings is 1. The van der Waals surface area contributed by atoms with E-state index in [1.54, 1.807) is 12.1 Å². The van der Waals surface area contributed by atoms with Crippen LogP contribution in [0.5, 0.6) is 0 Å². The van der Waals surface area contributed by atoms with E-state index in [0.29, 0.717) is 5.69 Å². The summed E-state index contributed by atoms with van der Waals surface area (Å²) in [5.74, 6) is -0.616. The van der Waals surface area contributed by atoms with Crippen LogP contribution in [0.3, 0.4) is 0 Å². The first-order chi connectivity index (χ1) is 9.38. The lowest BCUT2D eigenvalue weighted by atomic mass is 10.1. The number of carbonyl (C=O) groups excluding carboxylic acids is 1. The van der Waals surface area contributed by atoms with Gasteiger partial charge in [-0.25, -0.2) is 0 Å². The molecule has 0 aliphatic rings. The molecule has 20 heavy (non-hydrogen) atoms. The van der Waals surface area contributed by atoms with Crippen LogP contribution in [-0.2, 0) is 6.18 Å². The van der Waals surface area contributed by atoms with Gasteiger partial charge in [0.2, 0.25) is 0 Å². The van der Waals surface area contributed by atoms with Crippen molar-refractivity contribution >= 4 is 27.5 Å². The number of hydrogen-bond donors (Lipinski definition) is 1. The van der Waals surface area contributed by atoms with Crippen LogP contribution in [0.15, 0.2) is 47.2 Å². The molecule has 0 saturated heterocycles. The average Bonchev–Trinajstić information content (AvgIpc) is 2.39. The minimum atomic E-state index is -4.52. The van der Waals surface area contributed by atoms with Crippen molar-refractivity contribution in [1.82, 2.24) is 4.98 Å². The second-order valence-corrected chi connectivity index (χ2v) is 4.74. The molecule has 7 heteroatoms. The molecule has 104 valence electrons. The maximum atomic E-state index is 12.7. The van der Waals surface area contributed by atoms with Crippen LogP contribution in [0.1, 0.15) is 15.9 Å². The molecule has 0 radical (unpaired) electrons. The Bertz CT molecular complexity index is 629. The van der Waals surface area contributed by atoms with Gasteiger partial charge < -0.3 is 5.32 Å². The molecular formula is C13H8BrF3N2O. The van der Waals surface area contributed by atoms with Crippen molar-refractivity contribution in [3.8, 4) is 0 Å². The zero-order valence-corrected chi connectivity index (χ0v) is 11.5. The van der Waals surface area contributed by atoms with Crippen LogP contribution in [0.2, 0.25) is 0 Å². The molecule has 0 bridgehead atoms. The van der Waals surface area contributed by atoms with Gasteiger partial charge in [0.1, 0.15) is 0 Å². The van der Waals surface area contributed by atoms with Crippen molar-refractivity contribution in [2.45, 2.75) is 6.18 Å². The van der Waals surface area contributed by atoms with Gasteiger partial charge in [0, 0.05) is 28.1 Å². The average molecular weight is 345 g/mol. The van der Waals surface area contributed by atoms with Gasteiger partial charge in [0.05, 0.1) is 5.56 Å². The number of rotatable bonds is 2. The fourth-order valence-corrected chi connectivity index (χ4v) is 1.99. The zero-order valence-electron chi connectivity index (χ0n) is 9.91. The number of aromatic nitrogens is 1. The maximum Gasteiger partial charge on any atom is 0.417 e. The highest BCUT2D eigenvalue weighted by Gasteiger charge is 2.33. The summed E-state index contributed by atoms with van der Waals surface area (Å²) in [6, 6.07) is 6.41.